The van der Waals surface area contributed by atoms with Gasteiger partial charge >= 0.3 is 0 Å². The minimum absolute atomic E-state index is 0.179. The number of aromatic nitrogens is 1. The minimum Gasteiger partial charge on any atom is -0.508 e. The van der Waals surface area contributed by atoms with Gasteiger partial charge in [0.15, 0.2) is 0 Å². The van der Waals surface area contributed by atoms with Crippen LogP contribution < -0.4 is 0 Å². The molecule has 2 N–H and O–H groups in total. The second kappa shape index (κ2) is 2.28. The first kappa shape index (κ1) is 6.74. The molecule has 0 atom stereocenters. The maximum absolute atomic E-state index is 9.15. The maximum atomic E-state index is 9.15. The van der Waals surface area contributed by atoms with Crippen LogP contribution in [0.2, 0.25) is 0 Å². The molecule has 0 fully saturated rings. The number of aromatic amines is 1. The number of benzene rings is 1. The van der Waals surface area contributed by atoms with Gasteiger partial charge in [-0.25, -0.2) is 0 Å². The van der Waals surface area contributed by atoms with Crippen LogP contribution in [-0.2, 0) is 0 Å². The number of hydrogen-bond acceptors (Lipinski definition) is 2. The second-order valence-corrected chi connectivity index (χ2v) is 2.54. The first-order valence-electron chi connectivity index (χ1n) is 3.51. The van der Waals surface area contributed by atoms with E-state index in [9.17, 15) is 0 Å². The van der Waals surface area contributed by atoms with Gasteiger partial charge in [0.05, 0.1) is 5.56 Å². The molecular weight excluding hydrogens is 152 g/mol. The Kier molecular flexibility index (Phi) is 1.28. The summed E-state index contributed by atoms with van der Waals surface area (Å²) in [6.07, 6.45) is 1.63. The molecule has 0 spiro atoms. The maximum Gasteiger partial charge on any atom is 0.116 e. The van der Waals surface area contributed by atoms with E-state index in [2.05, 4.69) is 4.98 Å². The Bertz CT molecular complexity index is 465. The van der Waals surface area contributed by atoms with Crippen LogP contribution in [0.25, 0.3) is 10.9 Å². The summed E-state index contributed by atoms with van der Waals surface area (Å²) in [6, 6.07) is 6.93. The molecule has 0 aliphatic heterocycles. The highest BCUT2D eigenvalue weighted by atomic mass is 16.3. The van der Waals surface area contributed by atoms with Crippen LogP contribution in [0.3, 0.4) is 0 Å². The zero-order valence-corrected chi connectivity index (χ0v) is 6.20. The van der Waals surface area contributed by atoms with Crippen molar-refractivity contribution in [3.8, 4) is 11.8 Å². The lowest BCUT2D eigenvalue weighted by Gasteiger charge is -1.91. The Morgan fingerprint density at radius 3 is 3.00 bits per heavy atom. The fourth-order valence-electron chi connectivity index (χ4n) is 1.20. The Hall–Kier alpha value is -1.95. The van der Waals surface area contributed by atoms with E-state index in [1.807, 2.05) is 6.07 Å². The third kappa shape index (κ3) is 0.823. The number of phenols is 1. The zero-order chi connectivity index (χ0) is 8.55. The number of nitrogens with one attached hydrogen (secondary N) is 1. The number of rotatable bonds is 0. The molecule has 0 aliphatic carbocycles. The lowest BCUT2D eigenvalue weighted by molar-refractivity contribution is 0.476. The number of H-pyrrole nitrogens is 1. The molecule has 0 saturated carbocycles. The van der Waals surface area contributed by atoms with E-state index in [0.29, 0.717) is 5.56 Å². The molecule has 1 aromatic heterocycles. The molecule has 0 bridgehead atoms. The van der Waals surface area contributed by atoms with Crippen LogP contribution in [0, 0.1) is 11.3 Å². The van der Waals surface area contributed by atoms with Gasteiger partial charge in [0.2, 0.25) is 0 Å². The van der Waals surface area contributed by atoms with Gasteiger partial charge in [-0.3, -0.25) is 0 Å². The third-order valence-electron chi connectivity index (χ3n) is 1.79. The second-order valence-electron chi connectivity index (χ2n) is 2.54. The van der Waals surface area contributed by atoms with Crippen LogP contribution >= 0.6 is 0 Å². The lowest BCUT2D eigenvalue weighted by atomic mass is 10.2. The predicted octanol–water partition coefficient (Wildman–Crippen LogP) is 1.75. The molecular formula is C9H6N2O. The quantitative estimate of drug-likeness (QED) is 0.613. The zero-order valence-electron chi connectivity index (χ0n) is 6.20. The van der Waals surface area contributed by atoms with E-state index in [0.717, 1.165) is 10.9 Å². The van der Waals surface area contributed by atoms with Crippen molar-refractivity contribution in [3.05, 3.63) is 30.0 Å². The highest BCUT2D eigenvalue weighted by Gasteiger charge is 2.02. The normalized spacial score (nSPS) is 9.92. The minimum atomic E-state index is 0.179. The van der Waals surface area contributed by atoms with Crippen LogP contribution in [0.5, 0.6) is 5.75 Å². The van der Waals surface area contributed by atoms with E-state index < -0.39 is 0 Å². The summed E-state index contributed by atoms with van der Waals surface area (Å²) < 4.78 is 0. The van der Waals surface area contributed by atoms with Crippen LogP contribution in [0.4, 0.5) is 0 Å². The number of fused-ring (bicyclic) bond motifs is 1. The van der Waals surface area contributed by atoms with E-state index in [-0.39, 0.29) is 5.75 Å². The lowest BCUT2D eigenvalue weighted by Crippen LogP contribution is -1.69. The summed E-state index contributed by atoms with van der Waals surface area (Å²) in [5.74, 6) is 0.179. The van der Waals surface area contributed by atoms with E-state index in [1.165, 1.54) is 0 Å². The van der Waals surface area contributed by atoms with Crippen LogP contribution in [0.1, 0.15) is 5.56 Å². The van der Waals surface area contributed by atoms with Gasteiger partial charge in [0, 0.05) is 17.1 Å². The summed E-state index contributed by atoms with van der Waals surface area (Å²) in [5, 5.41) is 18.6. The van der Waals surface area contributed by atoms with Crippen LogP contribution in [0.15, 0.2) is 24.4 Å². The Morgan fingerprint density at radius 2 is 2.25 bits per heavy atom. The van der Waals surface area contributed by atoms with Gasteiger partial charge in [0.25, 0.3) is 0 Å². The molecule has 0 amide bonds. The summed E-state index contributed by atoms with van der Waals surface area (Å²) in [6.45, 7) is 0. The van der Waals surface area contributed by atoms with Gasteiger partial charge in [-0.2, -0.15) is 5.26 Å². The third-order valence-corrected chi connectivity index (χ3v) is 1.79. The number of phenolic OH excluding ortho intramolecular Hbond substituents is 1. The number of aromatic hydroxyl groups is 1. The molecule has 2 aromatic rings. The summed E-state index contributed by atoms with van der Waals surface area (Å²) in [5.41, 5.74) is 1.42. The summed E-state index contributed by atoms with van der Waals surface area (Å²) in [4.78, 5) is 2.93. The number of nitrogens with zero attached hydrogens (tertiary/aromatic N) is 1. The monoisotopic (exact) mass is 158 g/mol. The van der Waals surface area contributed by atoms with Crippen molar-refractivity contribution in [2.45, 2.75) is 0 Å². The molecule has 1 heterocycles. The molecule has 2 rings (SSSR count). The molecule has 0 unspecified atom stereocenters. The Labute approximate surface area is 68.9 Å². The molecule has 0 aliphatic rings. The van der Waals surface area contributed by atoms with Crippen LogP contribution in [-0.4, -0.2) is 10.1 Å². The topological polar surface area (TPSA) is 59.8 Å². The van der Waals surface area contributed by atoms with Gasteiger partial charge < -0.3 is 10.1 Å². The van der Waals surface area contributed by atoms with Gasteiger partial charge in [-0.15, -0.1) is 0 Å². The van der Waals surface area contributed by atoms with Crippen molar-refractivity contribution in [3.63, 3.8) is 0 Å². The van der Waals surface area contributed by atoms with Crippen molar-refractivity contribution in [1.82, 2.24) is 4.98 Å². The Morgan fingerprint density at radius 1 is 1.42 bits per heavy atom. The van der Waals surface area contributed by atoms with Gasteiger partial charge in [-0.05, 0) is 18.2 Å². The van der Waals surface area contributed by atoms with Crippen molar-refractivity contribution in [2.75, 3.05) is 0 Å². The van der Waals surface area contributed by atoms with Crippen molar-refractivity contribution in [2.24, 2.45) is 0 Å². The summed E-state index contributed by atoms with van der Waals surface area (Å²) in [7, 11) is 0. The Balaban J connectivity index is 2.86. The largest absolute Gasteiger partial charge is 0.508 e. The highest BCUT2D eigenvalue weighted by Crippen LogP contribution is 2.21. The van der Waals surface area contributed by atoms with Crippen molar-refractivity contribution >= 4 is 10.9 Å². The molecule has 3 heteroatoms. The molecule has 0 radical (unpaired) electrons. The van der Waals surface area contributed by atoms with E-state index in [4.69, 9.17) is 10.4 Å². The highest BCUT2D eigenvalue weighted by molar-refractivity contribution is 5.86. The average Bonchev–Trinajstić information content (AvgIpc) is 2.46. The predicted molar refractivity (Wildman–Crippen MR) is 44.7 cm³/mol. The SMILES string of the molecule is N#Cc1c[nH]c2ccc(O)cc12. The molecule has 1 aromatic carbocycles. The first-order valence-corrected chi connectivity index (χ1v) is 3.51. The van der Waals surface area contributed by atoms with Gasteiger partial charge in [0.1, 0.15) is 11.8 Å². The fraction of sp³-hybridized carbons (Fsp3) is 0. The number of hydrogen-bond donors (Lipinski definition) is 2. The van der Waals surface area contributed by atoms with Crippen molar-refractivity contribution in [1.29, 1.82) is 5.26 Å². The molecule has 0 saturated heterocycles. The average molecular weight is 158 g/mol. The van der Waals surface area contributed by atoms with Gasteiger partial charge in [-0.1, -0.05) is 0 Å². The fourth-order valence-corrected chi connectivity index (χ4v) is 1.20. The first-order chi connectivity index (χ1) is 5.81. The van der Waals surface area contributed by atoms with E-state index in [1.54, 1.807) is 24.4 Å². The van der Waals surface area contributed by atoms with E-state index >= 15 is 0 Å². The molecule has 3 nitrogen and oxygen atoms in total. The summed E-state index contributed by atoms with van der Waals surface area (Å²) >= 11 is 0. The van der Waals surface area contributed by atoms with Crippen molar-refractivity contribution < 1.29 is 5.11 Å². The number of nitriles is 1. The molecule has 58 valence electrons. The molecule has 12 heavy (non-hydrogen) atoms. The smallest absolute Gasteiger partial charge is 0.116 e. The standard InChI is InChI=1S/C9H6N2O/c10-4-6-5-11-9-2-1-7(12)3-8(6)9/h1-3,5,11-12H.